The molecule has 0 amide bonds. The van der Waals surface area contributed by atoms with Crippen LogP contribution >= 0.6 is 0 Å². The SMILES string of the molecule is COc1ccc(C(C)=O)cc1CS(=O)(=O)CCn1ccccc1=O. The number of aromatic nitrogens is 1. The molecule has 7 heteroatoms. The number of ketones is 1. The van der Waals surface area contributed by atoms with Gasteiger partial charge in [-0.25, -0.2) is 8.42 Å². The molecule has 2 rings (SSSR count). The van der Waals surface area contributed by atoms with Gasteiger partial charge < -0.3 is 9.30 Å². The van der Waals surface area contributed by atoms with Gasteiger partial charge >= 0.3 is 0 Å². The van der Waals surface area contributed by atoms with Crippen molar-refractivity contribution in [2.24, 2.45) is 0 Å². The maximum Gasteiger partial charge on any atom is 0.250 e. The van der Waals surface area contributed by atoms with Crippen LogP contribution in [0, 0.1) is 0 Å². The van der Waals surface area contributed by atoms with E-state index in [1.54, 1.807) is 30.5 Å². The Labute approximate surface area is 140 Å². The molecule has 6 nitrogen and oxygen atoms in total. The summed E-state index contributed by atoms with van der Waals surface area (Å²) in [7, 11) is -2.03. The first-order valence-corrected chi connectivity index (χ1v) is 9.18. The van der Waals surface area contributed by atoms with Crippen LogP contribution < -0.4 is 10.3 Å². The summed E-state index contributed by atoms with van der Waals surface area (Å²) in [4.78, 5) is 23.1. The van der Waals surface area contributed by atoms with Crippen LogP contribution in [0.2, 0.25) is 0 Å². The monoisotopic (exact) mass is 349 g/mol. The number of carbonyl (C=O) groups excluding carboxylic acids is 1. The van der Waals surface area contributed by atoms with Crippen LogP contribution in [-0.4, -0.2) is 31.6 Å². The first-order chi connectivity index (χ1) is 11.3. The van der Waals surface area contributed by atoms with E-state index in [-0.39, 0.29) is 29.4 Å². The lowest BCUT2D eigenvalue weighted by atomic mass is 10.1. The van der Waals surface area contributed by atoms with E-state index in [0.29, 0.717) is 16.9 Å². The van der Waals surface area contributed by atoms with Crippen LogP contribution in [0.4, 0.5) is 0 Å². The molecule has 1 aromatic heterocycles. The highest BCUT2D eigenvalue weighted by molar-refractivity contribution is 7.90. The number of carbonyl (C=O) groups is 1. The Morgan fingerprint density at radius 1 is 1.21 bits per heavy atom. The number of rotatable bonds is 7. The smallest absolute Gasteiger partial charge is 0.250 e. The molecule has 0 unspecified atom stereocenters. The largest absolute Gasteiger partial charge is 0.496 e. The normalized spacial score (nSPS) is 11.2. The Morgan fingerprint density at radius 2 is 1.96 bits per heavy atom. The third-order valence-electron chi connectivity index (χ3n) is 3.60. The lowest BCUT2D eigenvalue weighted by Crippen LogP contribution is -2.23. The lowest BCUT2D eigenvalue weighted by Gasteiger charge is -2.11. The van der Waals surface area contributed by atoms with Crippen LogP contribution in [0.5, 0.6) is 5.75 Å². The second kappa shape index (κ2) is 7.44. The molecule has 0 radical (unpaired) electrons. The van der Waals surface area contributed by atoms with Crippen LogP contribution in [0.1, 0.15) is 22.8 Å². The molecular weight excluding hydrogens is 330 g/mol. The van der Waals surface area contributed by atoms with Gasteiger partial charge in [-0.2, -0.15) is 0 Å². The molecule has 0 spiro atoms. The molecule has 1 heterocycles. The van der Waals surface area contributed by atoms with Crippen LogP contribution in [0.25, 0.3) is 0 Å². The quantitative estimate of drug-likeness (QED) is 0.710. The molecule has 0 N–H and O–H groups in total. The molecular formula is C17H19NO5S. The summed E-state index contributed by atoms with van der Waals surface area (Å²) < 4.78 is 31.3. The van der Waals surface area contributed by atoms with Crippen LogP contribution in [0.15, 0.2) is 47.4 Å². The number of benzene rings is 1. The van der Waals surface area contributed by atoms with Crippen LogP contribution in [0.3, 0.4) is 0 Å². The lowest BCUT2D eigenvalue weighted by molar-refractivity contribution is 0.101. The topological polar surface area (TPSA) is 82.4 Å². The summed E-state index contributed by atoms with van der Waals surface area (Å²) in [5.74, 6) is -0.156. The highest BCUT2D eigenvalue weighted by Gasteiger charge is 2.17. The maximum atomic E-state index is 12.4. The van der Waals surface area contributed by atoms with Crippen molar-refractivity contribution in [3.8, 4) is 5.75 Å². The van der Waals surface area contributed by atoms with E-state index >= 15 is 0 Å². The Hall–Kier alpha value is -2.41. The van der Waals surface area contributed by atoms with E-state index in [2.05, 4.69) is 0 Å². The van der Waals surface area contributed by atoms with E-state index in [4.69, 9.17) is 4.74 Å². The zero-order valence-electron chi connectivity index (χ0n) is 13.6. The molecule has 1 aromatic carbocycles. The zero-order valence-corrected chi connectivity index (χ0v) is 14.4. The standard InChI is InChI=1S/C17H19NO5S/c1-13(19)14-6-7-16(23-2)15(11-14)12-24(21,22)10-9-18-8-4-3-5-17(18)20/h3-8,11H,9-10,12H2,1-2H3. The molecule has 0 aliphatic carbocycles. The second-order valence-corrected chi connectivity index (χ2v) is 7.59. The van der Waals surface area contributed by atoms with E-state index in [0.717, 1.165) is 0 Å². The number of hydrogen-bond donors (Lipinski definition) is 0. The molecule has 0 saturated carbocycles. The van der Waals surface area contributed by atoms with Crippen molar-refractivity contribution < 1.29 is 17.9 Å². The van der Waals surface area contributed by atoms with Gasteiger partial charge in [0.1, 0.15) is 5.75 Å². The van der Waals surface area contributed by atoms with Gasteiger partial charge in [-0.3, -0.25) is 9.59 Å². The fraction of sp³-hybridized carbons (Fsp3) is 0.294. The zero-order chi connectivity index (χ0) is 17.7. The number of aryl methyl sites for hydroxylation is 1. The van der Waals surface area contributed by atoms with Gasteiger partial charge in [0, 0.05) is 29.9 Å². The second-order valence-electron chi connectivity index (χ2n) is 5.41. The van der Waals surface area contributed by atoms with E-state index in [1.165, 1.54) is 30.7 Å². The molecule has 24 heavy (non-hydrogen) atoms. The molecule has 0 atom stereocenters. The molecule has 128 valence electrons. The van der Waals surface area contributed by atoms with Crippen molar-refractivity contribution >= 4 is 15.6 Å². The van der Waals surface area contributed by atoms with Gasteiger partial charge in [0.05, 0.1) is 18.6 Å². The molecule has 0 saturated heterocycles. The predicted octanol–water partition coefficient (Wildman–Crippen LogP) is 1.67. The minimum Gasteiger partial charge on any atom is -0.496 e. The van der Waals surface area contributed by atoms with E-state index in [9.17, 15) is 18.0 Å². The average Bonchev–Trinajstić information content (AvgIpc) is 2.53. The van der Waals surface area contributed by atoms with Crippen molar-refractivity contribution in [2.45, 2.75) is 19.2 Å². The fourth-order valence-electron chi connectivity index (χ4n) is 2.30. The number of methoxy groups -OCH3 is 1. The minimum absolute atomic E-state index is 0.0801. The van der Waals surface area contributed by atoms with Gasteiger partial charge in [0.15, 0.2) is 15.6 Å². The van der Waals surface area contributed by atoms with Gasteiger partial charge in [0.2, 0.25) is 0 Å². The third-order valence-corrected chi connectivity index (χ3v) is 5.16. The third kappa shape index (κ3) is 4.55. The van der Waals surface area contributed by atoms with Crippen molar-refractivity contribution in [3.05, 3.63) is 64.1 Å². The highest BCUT2D eigenvalue weighted by Crippen LogP contribution is 2.23. The molecule has 0 fully saturated rings. The number of ether oxygens (including phenoxy) is 1. The minimum atomic E-state index is -3.48. The number of Topliss-reactive ketones (excluding diaryl/α,β-unsaturated/α-hetero) is 1. The number of sulfone groups is 1. The Morgan fingerprint density at radius 3 is 2.58 bits per heavy atom. The Kier molecular flexibility index (Phi) is 5.56. The maximum absolute atomic E-state index is 12.4. The summed E-state index contributed by atoms with van der Waals surface area (Å²) in [6.45, 7) is 1.50. The number of hydrogen-bond acceptors (Lipinski definition) is 5. The summed E-state index contributed by atoms with van der Waals surface area (Å²) in [5, 5.41) is 0. The van der Waals surface area contributed by atoms with Crippen molar-refractivity contribution in [2.75, 3.05) is 12.9 Å². The van der Waals surface area contributed by atoms with Crippen molar-refractivity contribution in [1.82, 2.24) is 4.57 Å². The molecule has 2 aromatic rings. The Balaban J connectivity index is 2.19. The van der Waals surface area contributed by atoms with Crippen molar-refractivity contribution in [3.63, 3.8) is 0 Å². The summed E-state index contributed by atoms with van der Waals surface area (Å²) in [6.07, 6.45) is 1.55. The summed E-state index contributed by atoms with van der Waals surface area (Å²) >= 11 is 0. The van der Waals surface area contributed by atoms with Gasteiger partial charge in [-0.05, 0) is 31.2 Å². The molecule has 0 bridgehead atoms. The fourth-order valence-corrected chi connectivity index (χ4v) is 3.62. The predicted molar refractivity (Wildman–Crippen MR) is 91.2 cm³/mol. The number of nitrogens with zero attached hydrogens (tertiary/aromatic N) is 1. The first-order valence-electron chi connectivity index (χ1n) is 7.36. The van der Waals surface area contributed by atoms with E-state index in [1.807, 2.05) is 0 Å². The van der Waals surface area contributed by atoms with Crippen molar-refractivity contribution in [1.29, 1.82) is 0 Å². The van der Waals surface area contributed by atoms with Crippen LogP contribution in [-0.2, 0) is 22.1 Å². The number of pyridine rings is 1. The molecule has 0 aliphatic rings. The summed E-state index contributed by atoms with van der Waals surface area (Å²) in [5.41, 5.74) is 0.620. The average molecular weight is 349 g/mol. The summed E-state index contributed by atoms with van der Waals surface area (Å²) in [6, 6.07) is 9.38. The van der Waals surface area contributed by atoms with Gasteiger partial charge in [0.25, 0.3) is 5.56 Å². The molecule has 0 aliphatic heterocycles. The van der Waals surface area contributed by atoms with Gasteiger partial charge in [-0.1, -0.05) is 6.07 Å². The highest BCUT2D eigenvalue weighted by atomic mass is 32.2. The first kappa shape index (κ1) is 17.9. The van der Waals surface area contributed by atoms with Gasteiger partial charge in [-0.15, -0.1) is 0 Å². The van der Waals surface area contributed by atoms with E-state index < -0.39 is 9.84 Å². The Bertz CT molecular complexity index is 899.